The number of likely N-dealkylation sites (tertiary alicyclic amines) is 2. The van der Waals surface area contributed by atoms with Gasteiger partial charge in [0.1, 0.15) is 0 Å². The van der Waals surface area contributed by atoms with E-state index in [9.17, 15) is 4.79 Å². The molecule has 1 N–H and O–H groups in total. The molecule has 1 atom stereocenters. The topological polar surface area (TPSA) is 87.4 Å². The number of carbonyl (C=O) groups excluding carboxylic acids is 1. The number of urea groups is 1. The number of nitrogens with zero attached hydrogens (tertiary/aromatic N) is 5. The molecule has 26 heavy (non-hydrogen) atoms. The van der Waals surface area contributed by atoms with Crippen LogP contribution in [-0.2, 0) is 0 Å². The summed E-state index contributed by atoms with van der Waals surface area (Å²) in [6, 6.07) is 4.00. The van der Waals surface area contributed by atoms with Crippen LogP contribution in [0.3, 0.4) is 0 Å². The average Bonchev–Trinajstić information content (AvgIpc) is 3.18. The van der Waals surface area contributed by atoms with Gasteiger partial charge in [-0.1, -0.05) is 5.16 Å². The molecule has 2 saturated heterocycles. The van der Waals surface area contributed by atoms with Gasteiger partial charge in [-0.2, -0.15) is 4.98 Å². The van der Waals surface area contributed by atoms with Crippen LogP contribution in [0, 0.1) is 5.41 Å². The molecular formula is C18H24N6O2. The summed E-state index contributed by atoms with van der Waals surface area (Å²) >= 11 is 0. The molecule has 2 aliphatic rings. The highest BCUT2D eigenvalue weighted by molar-refractivity contribution is 5.75. The van der Waals surface area contributed by atoms with E-state index in [4.69, 9.17) is 4.52 Å². The number of nitrogens with one attached hydrogen (secondary N) is 1. The number of carbonyl (C=O) groups is 1. The van der Waals surface area contributed by atoms with Crippen molar-refractivity contribution in [2.45, 2.75) is 32.4 Å². The fourth-order valence-electron chi connectivity index (χ4n) is 4.01. The van der Waals surface area contributed by atoms with Gasteiger partial charge in [-0.15, -0.1) is 0 Å². The van der Waals surface area contributed by atoms with Gasteiger partial charge in [-0.3, -0.25) is 9.88 Å². The molecule has 2 aliphatic heterocycles. The molecule has 4 rings (SSSR count). The van der Waals surface area contributed by atoms with Gasteiger partial charge in [0, 0.05) is 49.0 Å². The van der Waals surface area contributed by atoms with Crippen LogP contribution in [0.5, 0.6) is 0 Å². The second-order valence-electron chi connectivity index (χ2n) is 7.79. The molecule has 2 amide bonds. The summed E-state index contributed by atoms with van der Waals surface area (Å²) < 4.78 is 5.55. The summed E-state index contributed by atoms with van der Waals surface area (Å²) in [6.45, 7) is 6.43. The van der Waals surface area contributed by atoms with Gasteiger partial charge in [0.05, 0.1) is 6.04 Å². The first-order chi connectivity index (χ1) is 12.5. The van der Waals surface area contributed by atoms with E-state index in [-0.39, 0.29) is 23.5 Å². The Kier molecular flexibility index (Phi) is 4.14. The van der Waals surface area contributed by atoms with Crippen molar-refractivity contribution in [3.05, 3.63) is 30.4 Å². The van der Waals surface area contributed by atoms with Crippen molar-refractivity contribution < 1.29 is 9.32 Å². The van der Waals surface area contributed by atoms with E-state index in [0.29, 0.717) is 11.7 Å². The Labute approximate surface area is 152 Å². The molecule has 2 aromatic rings. The van der Waals surface area contributed by atoms with Crippen molar-refractivity contribution in [3.63, 3.8) is 0 Å². The molecule has 2 aromatic heterocycles. The van der Waals surface area contributed by atoms with E-state index in [2.05, 4.69) is 32.4 Å². The Morgan fingerprint density at radius 2 is 2.04 bits per heavy atom. The molecule has 0 radical (unpaired) electrons. The second-order valence-corrected chi connectivity index (χ2v) is 7.79. The van der Waals surface area contributed by atoms with Crippen LogP contribution in [0.1, 0.15) is 32.2 Å². The van der Waals surface area contributed by atoms with Crippen LogP contribution < -0.4 is 5.32 Å². The summed E-state index contributed by atoms with van der Waals surface area (Å²) in [7, 11) is 2.08. The van der Waals surface area contributed by atoms with Gasteiger partial charge in [0.25, 0.3) is 0 Å². The van der Waals surface area contributed by atoms with E-state index < -0.39 is 0 Å². The smallest absolute Gasteiger partial charge is 0.317 e. The van der Waals surface area contributed by atoms with Gasteiger partial charge in [0.2, 0.25) is 11.7 Å². The van der Waals surface area contributed by atoms with E-state index in [0.717, 1.165) is 31.6 Å². The third-order valence-electron chi connectivity index (χ3n) is 5.16. The normalized spacial score (nSPS) is 22.0. The zero-order valence-corrected chi connectivity index (χ0v) is 15.3. The summed E-state index contributed by atoms with van der Waals surface area (Å²) in [5.74, 6) is 1.23. The van der Waals surface area contributed by atoms with Gasteiger partial charge in [-0.25, -0.2) is 4.79 Å². The zero-order valence-electron chi connectivity index (χ0n) is 15.3. The standard InChI is InChI=1S/C18H24N6O2/c1-12(2)20-17(25)24-10-18(11-24)8-14(23(3)9-18)16-21-15(22-26-16)13-4-6-19-7-5-13/h4-7,12,14H,8-11H2,1-3H3,(H,20,25). The number of pyridine rings is 1. The molecule has 1 spiro atoms. The molecule has 0 aromatic carbocycles. The minimum atomic E-state index is 0.0227. The molecule has 0 bridgehead atoms. The maximum atomic E-state index is 12.1. The Morgan fingerprint density at radius 3 is 2.73 bits per heavy atom. The molecule has 0 saturated carbocycles. The predicted octanol–water partition coefficient (Wildman–Crippen LogP) is 1.93. The number of aromatic nitrogens is 3. The Bertz CT molecular complexity index is 784. The van der Waals surface area contributed by atoms with Crippen molar-refractivity contribution in [1.29, 1.82) is 0 Å². The van der Waals surface area contributed by atoms with Gasteiger partial charge >= 0.3 is 6.03 Å². The molecule has 8 nitrogen and oxygen atoms in total. The van der Waals surface area contributed by atoms with E-state index in [1.54, 1.807) is 12.4 Å². The first-order valence-electron chi connectivity index (χ1n) is 8.95. The fraction of sp³-hybridized carbons (Fsp3) is 0.556. The lowest BCUT2D eigenvalue weighted by Crippen LogP contribution is -2.62. The first kappa shape index (κ1) is 17.0. The Balaban J connectivity index is 1.43. The third kappa shape index (κ3) is 3.05. The maximum absolute atomic E-state index is 12.1. The molecule has 138 valence electrons. The first-order valence-corrected chi connectivity index (χ1v) is 8.95. The van der Waals surface area contributed by atoms with E-state index in [1.165, 1.54) is 0 Å². The lowest BCUT2D eigenvalue weighted by atomic mass is 9.78. The van der Waals surface area contributed by atoms with Crippen LogP contribution in [-0.4, -0.2) is 63.7 Å². The minimum Gasteiger partial charge on any atom is -0.337 e. The van der Waals surface area contributed by atoms with E-state index in [1.807, 2.05) is 30.9 Å². The van der Waals surface area contributed by atoms with Crippen molar-refractivity contribution in [2.24, 2.45) is 5.41 Å². The van der Waals surface area contributed by atoms with Crippen molar-refractivity contribution in [1.82, 2.24) is 30.2 Å². The van der Waals surface area contributed by atoms with Crippen molar-refractivity contribution in [2.75, 3.05) is 26.7 Å². The Morgan fingerprint density at radius 1 is 1.31 bits per heavy atom. The summed E-state index contributed by atoms with van der Waals surface area (Å²) in [4.78, 5) is 24.9. The summed E-state index contributed by atoms with van der Waals surface area (Å²) in [6.07, 6.45) is 4.35. The lowest BCUT2D eigenvalue weighted by Gasteiger charge is -2.48. The Hall–Kier alpha value is -2.48. The molecule has 1 unspecified atom stereocenters. The quantitative estimate of drug-likeness (QED) is 0.904. The number of rotatable bonds is 3. The van der Waals surface area contributed by atoms with Crippen molar-refractivity contribution in [3.8, 4) is 11.4 Å². The highest BCUT2D eigenvalue weighted by Gasteiger charge is 2.53. The third-order valence-corrected chi connectivity index (χ3v) is 5.16. The fourth-order valence-corrected chi connectivity index (χ4v) is 4.01. The average molecular weight is 356 g/mol. The monoisotopic (exact) mass is 356 g/mol. The minimum absolute atomic E-state index is 0.0227. The predicted molar refractivity (Wildman–Crippen MR) is 95.2 cm³/mol. The molecule has 0 aliphatic carbocycles. The SMILES string of the molecule is CC(C)NC(=O)N1CC2(CC(c3nc(-c4ccncc4)no3)N(C)C2)C1. The molecule has 8 heteroatoms. The highest BCUT2D eigenvalue weighted by atomic mass is 16.5. The van der Waals surface area contributed by atoms with Gasteiger partial charge < -0.3 is 14.7 Å². The van der Waals surface area contributed by atoms with Crippen LogP contribution >= 0.6 is 0 Å². The van der Waals surface area contributed by atoms with Gasteiger partial charge in [0.15, 0.2) is 0 Å². The van der Waals surface area contributed by atoms with Crippen molar-refractivity contribution >= 4 is 6.03 Å². The van der Waals surface area contributed by atoms with Gasteiger partial charge in [-0.05, 0) is 39.4 Å². The summed E-state index contributed by atoms with van der Waals surface area (Å²) in [5, 5.41) is 7.07. The number of hydrogen-bond acceptors (Lipinski definition) is 6. The second kappa shape index (κ2) is 6.35. The largest absolute Gasteiger partial charge is 0.337 e. The van der Waals surface area contributed by atoms with E-state index >= 15 is 0 Å². The van der Waals surface area contributed by atoms with Crippen LogP contribution in [0.2, 0.25) is 0 Å². The lowest BCUT2D eigenvalue weighted by molar-refractivity contribution is 0.0394. The maximum Gasteiger partial charge on any atom is 0.317 e. The number of hydrogen-bond donors (Lipinski definition) is 1. The molecule has 2 fully saturated rings. The molecular weight excluding hydrogens is 332 g/mol. The number of amides is 2. The van der Waals surface area contributed by atoms with Crippen LogP contribution in [0.4, 0.5) is 4.79 Å². The molecule has 4 heterocycles. The highest BCUT2D eigenvalue weighted by Crippen LogP contribution is 2.47. The van der Waals surface area contributed by atoms with Crippen LogP contribution in [0.25, 0.3) is 11.4 Å². The van der Waals surface area contributed by atoms with Crippen LogP contribution in [0.15, 0.2) is 29.0 Å². The zero-order chi connectivity index (χ0) is 18.3. The summed E-state index contributed by atoms with van der Waals surface area (Å²) in [5.41, 5.74) is 1.02.